The van der Waals surface area contributed by atoms with Crippen LogP contribution in [0.4, 0.5) is 0 Å². The van der Waals surface area contributed by atoms with Crippen molar-refractivity contribution in [1.29, 1.82) is 0 Å². The molecule has 2 N–H and O–H groups in total. The molecule has 0 amide bonds. The van der Waals surface area contributed by atoms with E-state index in [-0.39, 0.29) is 5.54 Å². The van der Waals surface area contributed by atoms with Gasteiger partial charge in [-0.25, -0.2) is 0 Å². The third-order valence-corrected chi connectivity index (χ3v) is 4.12. The van der Waals surface area contributed by atoms with Crippen molar-refractivity contribution >= 4 is 0 Å². The topological polar surface area (TPSA) is 43.8 Å². The molecule has 3 heteroatoms. The molecule has 0 radical (unpaired) electrons. The van der Waals surface area contributed by atoms with E-state index < -0.39 is 0 Å². The summed E-state index contributed by atoms with van der Waals surface area (Å²) < 4.78 is 2.00. The molecule has 1 heterocycles. The first-order valence-electron chi connectivity index (χ1n) is 7.14. The van der Waals surface area contributed by atoms with Crippen molar-refractivity contribution in [3.05, 3.63) is 53.3 Å². The number of hydrogen-bond donors (Lipinski definition) is 1. The first-order valence-corrected chi connectivity index (χ1v) is 7.14. The lowest BCUT2D eigenvalue weighted by atomic mass is 9.74. The zero-order valence-electron chi connectivity index (χ0n) is 11.5. The number of aromatic nitrogens is 2. The molecule has 1 aliphatic rings. The molecule has 1 atom stereocenters. The van der Waals surface area contributed by atoms with Crippen molar-refractivity contribution in [3.8, 4) is 0 Å². The van der Waals surface area contributed by atoms with Gasteiger partial charge in [-0.2, -0.15) is 5.10 Å². The quantitative estimate of drug-likeness (QED) is 0.916. The zero-order chi connectivity index (χ0) is 13.3. The highest BCUT2D eigenvalue weighted by Gasteiger charge is 2.35. The number of rotatable bonds is 3. The molecule has 3 nitrogen and oxygen atoms in total. The van der Waals surface area contributed by atoms with E-state index in [1.54, 1.807) is 0 Å². The summed E-state index contributed by atoms with van der Waals surface area (Å²) in [5, 5.41) is 4.44. The first-order chi connectivity index (χ1) is 9.24. The van der Waals surface area contributed by atoms with Crippen LogP contribution in [0.2, 0.25) is 0 Å². The smallest absolute Gasteiger partial charge is 0.0699 e. The van der Waals surface area contributed by atoms with E-state index in [1.807, 2.05) is 10.9 Å². The molecule has 1 aliphatic carbocycles. The van der Waals surface area contributed by atoms with Crippen LogP contribution in [0.15, 0.2) is 36.7 Å². The molecule has 0 saturated heterocycles. The second-order valence-electron chi connectivity index (χ2n) is 5.47. The number of nitrogens with two attached hydrogens (primary N) is 1. The fourth-order valence-corrected chi connectivity index (χ4v) is 3.11. The number of nitrogens with zero attached hydrogens (tertiary/aromatic N) is 2. The summed E-state index contributed by atoms with van der Waals surface area (Å²) in [4.78, 5) is 0. The van der Waals surface area contributed by atoms with Gasteiger partial charge in [0.2, 0.25) is 0 Å². The zero-order valence-corrected chi connectivity index (χ0v) is 11.5. The van der Waals surface area contributed by atoms with E-state index in [9.17, 15) is 0 Å². The fraction of sp³-hybridized carbons (Fsp3) is 0.438. The van der Waals surface area contributed by atoms with Crippen molar-refractivity contribution in [1.82, 2.24) is 9.78 Å². The van der Waals surface area contributed by atoms with Gasteiger partial charge < -0.3 is 5.73 Å². The van der Waals surface area contributed by atoms with E-state index in [2.05, 4.69) is 42.5 Å². The van der Waals surface area contributed by atoms with Gasteiger partial charge in [-0.05, 0) is 36.8 Å². The lowest BCUT2D eigenvalue weighted by Gasteiger charge is -2.35. The molecular weight excluding hydrogens is 234 g/mol. The SMILES string of the molecule is CCCn1cc(C2(N)CCCc3ccccc32)cn1. The lowest BCUT2D eigenvalue weighted by molar-refractivity contribution is 0.442. The third-order valence-electron chi connectivity index (χ3n) is 4.12. The first kappa shape index (κ1) is 12.4. The van der Waals surface area contributed by atoms with Crippen LogP contribution in [0.5, 0.6) is 0 Å². The molecule has 0 aliphatic heterocycles. The van der Waals surface area contributed by atoms with E-state index in [0.29, 0.717) is 0 Å². The summed E-state index contributed by atoms with van der Waals surface area (Å²) in [6.07, 6.45) is 8.44. The largest absolute Gasteiger partial charge is 0.318 e. The van der Waals surface area contributed by atoms with Crippen LogP contribution >= 0.6 is 0 Å². The molecule has 1 aromatic heterocycles. The molecule has 0 fully saturated rings. The normalized spacial score (nSPS) is 22.2. The Hall–Kier alpha value is -1.61. The van der Waals surface area contributed by atoms with Crippen molar-refractivity contribution in [2.75, 3.05) is 0 Å². The average Bonchev–Trinajstić information content (AvgIpc) is 2.89. The molecule has 1 aromatic carbocycles. The maximum absolute atomic E-state index is 6.75. The van der Waals surface area contributed by atoms with Crippen molar-refractivity contribution in [2.45, 2.75) is 44.7 Å². The molecule has 19 heavy (non-hydrogen) atoms. The molecule has 0 saturated carbocycles. The van der Waals surface area contributed by atoms with Crippen molar-refractivity contribution < 1.29 is 0 Å². The minimum Gasteiger partial charge on any atom is -0.318 e. The minimum atomic E-state index is -0.360. The van der Waals surface area contributed by atoms with E-state index in [1.165, 1.54) is 11.1 Å². The summed E-state index contributed by atoms with van der Waals surface area (Å²) in [5.41, 5.74) is 10.2. The molecule has 2 aromatic rings. The van der Waals surface area contributed by atoms with Crippen LogP contribution in [0.25, 0.3) is 0 Å². The predicted octanol–water partition coefficient (Wildman–Crippen LogP) is 2.83. The molecular formula is C16H21N3. The number of fused-ring (bicyclic) bond motifs is 1. The van der Waals surface area contributed by atoms with Crippen LogP contribution in [-0.2, 0) is 18.5 Å². The third kappa shape index (κ3) is 2.08. The summed E-state index contributed by atoms with van der Waals surface area (Å²) in [6.45, 7) is 3.12. The predicted molar refractivity (Wildman–Crippen MR) is 76.9 cm³/mol. The Bertz CT molecular complexity index is 573. The van der Waals surface area contributed by atoms with Gasteiger partial charge in [0.05, 0.1) is 11.7 Å². The Kier molecular flexibility index (Phi) is 3.15. The highest BCUT2D eigenvalue weighted by Crippen LogP contribution is 2.38. The highest BCUT2D eigenvalue weighted by molar-refractivity contribution is 5.43. The second kappa shape index (κ2) is 4.82. The van der Waals surface area contributed by atoms with Gasteiger partial charge in [0.1, 0.15) is 0 Å². The van der Waals surface area contributed by atoms with Crippen molar-refractivity contribution in [3.63, 3.8) is 0 Å². The van der Waals surface area contributed by atoms with E-state index in [4.69, 9.17) is 5.73 Å². The molecule has 100 valence electrons. The van der Waals surface area contributed by atoms with Gasteiger partial charge >= 0.3 is 0 Å². The minimum absolute atomic E-state index is 0.360. The van der Waals surface area contributed by atoms with Crippen LogP contribution in [0.1, 0.15) is 42.9 Å². The average molecular weight is 255 g/mol. The van der Waals surface area contributed by atoms with Gasteiger partial charge in [0.25, 0.3) is 0 Å². The standard InChI is InChI=1S/C16H21N3/c1-2-10-19-12-14(11-18-19)16(17)9-5-7-13-6-3-4-8-15(13)16/h3-4,6,8,11-12H,2,5,7,9-10,17H2,1H3. The van der Waals surface area contributed by atoms with Crippen LogP contribution in [0.3, 0.4) is 0 Å². The van der Waals surface area contributed by atoms with Gasteiger partial charge in [-0.3, -0.25) is 4.68 Å². The highest BCUT2D eigenvalue weighted by atomic mass is 15.3. The number of hydrogen-bond acceptors (Lipinski definition) is 2. The second-order valence-corrected chi connectivity index (χ2v) is 5.47. The Morgan fingerprint density at radius 2 is 2.21 bits per heavy atom. The maximum Gasteiger partial charge on any atom is 0.0699 e. The molecule has 1 unspecified atom stereocenters. The van der Waals surface area contributed by atoms with Crippen LogP contribution in [0, 0.1) is 0 Å². The molecule has 0 bridgehead atoms. The fourth-order valence-electron chi connectivity index (χ4n) is 3.11. The monoisotopic (exact) mass is 255 g/mol. The Labute approximate surface area is 114 Å². The number of aryl methyl sites for hydroxylation is 2. The van der Waals surface area contributed by atoms with Crippen molar-refractivity contribution in [2.24, 2.45) is 5.73 Å². The molecule has 3 rings (SSSR count). The Balaban J connectivity index is 2.03. The number of benzene rings is 1. The van der Waals surface area contributed by atoms with Gasteiger partial charge in [0.15, 0.2) is 0 Å². The summed E-state index contributed by atoms with van der Waals surface area (Å²) in [6, 6.07) is 8.56. The van der Waals surface area contributed by atoms with E-state index in [0.717, 1.165) is 37.8 Å². The maximum atomic E-state index is 6.75. The lowest BCUT2D eigenvalue weighted by Crippen LogP contribution is -2.40. The Morgan fingerprint density at radius 3 is 3.05 bits per heavy atom. The van der Waals surface area contributed by atoms with Crippen LogP contribution in [-0.4, -0.2) is 9.78 Å². The Morgan fingerprint density at radius 1 is 1.37 bits per heavy atom. The van der Waals surface area contributed by atoms with E-state index >= 15 is 0 Å². The van der Waals surface area contributed by atoms with Gasteiger partial charge in [-0.1, -0.05) is 31.2 Å². The summed E-state index contributed by atoms with van der Waals surface area (Å²) >= 11 is 0. The summed E-state index contributed by atoms with van der Waals surface area (Å²) in [7, 11) is 0. The summed E-state index contributed by atoms with van der Waals surface area (Å²) in [5.74, 6) is 0. The van der Waals surface area contributed by atoms with Crippen LogP contribution < -0.4 is 5.73 Å². The van der Waals surface area contributed by atoms with Gasteiger partial charge in [-0.15, -0.1) is 0 Å². The molecule has 0 spiro atoms. The van der Waals surface area contributed by atoms with Gasteiger partial charge in [0, 0.05) is 18.3 Å².